The van der Waals surface area contributed by atoms with Crippen molar-refractivity contribution < 1.29 is 19.2 Å². The first-order valence-electron chi connectivity index (χ1n) is 11.7. The lowest BCUT2D eigenvalue weighted by Crippen LogP contribution is -2.42. The summed E-state index contributed by atoms with van der Waals surface area (Å²) in [5.74, 6) is 6.79. The second-order valence-corrected chi connectivity index (χ2v) is 10.3. The molecule has 2 aromatic heterocycles. The van der Waals surface area contributed by atoms with E-state index in [9.17, 15) is 9.90 Å². The van der Waals surface area contributed by atoms with Crippen molar-refractivity contribution in [3.63, 3.8) is 0 Å². The SMILES string of the molecule is Cc1cc([C@](C)(O)C#Cc2ccc3c(c2)-c2nc(C(N)=O)c(CC4(C)COC4)n2C2C=C3C2)no1. The van der Waals surface area contributed by atoms with Crippen LogP contribution in [0.25, 0.3) is 17.0 Å². The second kappa shape index (κ2) is 7.41. The highest BCUT2D eigenvalue weighted by Crippen LogP contribution is 2.48. The molecule has 2 atom stereocenters. The molecule has 1 aromatic carbocycles. The molecule has 1 amide bonds. The molecular weight excluding hydrogens is 444 g/mol. The summed E-state index contributed by atoms with van der Waals surface area (Å²) in [5, 5.41) is 14.7. The van der Waals surface area contributed by atoms with Crippen molar-refractivity contribution in [1.29, 1.82) is 0 Å². The number of primary amides is 1. The number of hydrogen-bond acceptors (Lipinski definition) is 6. The number of amides is 1. The highest BCUT2D eigenvalue weighted by Gasteiger charge is 2.40. The number of carbonyl (C=O) groups is 1. The number of imidazole rings is 1. The summed E-state index contributed by atoms with van der Waals surface area (Å²) in [4.78, 5) is 17.2. The third-order valence-corrected chi connectivity index (χ3v) is 7.08. The summed E-state index contributed by atoms with van der Waals surface area (Å²) in [6, 6.07) is 7.74. The molecule has 35 heavy (non-hydrogen) atoms. The van der Waals surface area contributed by atoms with E-state index >= 15 is 0 Å². The lowest BCUT2D eigenvalue weighted by Gasteiger charge is -2.39. The number of ether oxygens (including phenoxy) is 1. The van der Waals surface area contributed by atoms with Gasteiger partial charge in [-0.3, -0.25) is 4.79 Å². The van der Waals surface area contributed by atoms with Crippen LogP contribution < -0.4 is 5.73 Å². The highest BCUT2D eigenvalue weighted by atomic mass is 16.5. The zero-order valence-electron chi connectivity index (χ0n) is 19.9. The van der Waals surface area contributed by atoms with E-state index in [-0.39, 0.29) is 11.5 Å². The summed E-state index contributed by atoms with van der Waals surface area (Å²) in [6.07, 6.45) is 3.78. The Balaban J connectivity index is 1.45. The van der Waals surface area contributed by atoms with Crippen molar-refractivity contribution in [3.8, 4) is 23.2 Å². The van der Waals surface area contributed by atoms with Gasteiger partial charge < -0.3 is 24.7 Å². The second-order valence-electron chi connectivity index (χ2n) is 10.3. The Bertz CT molecular complexity index is 1480. The van der Waals surface area contributed by atoms with Gasteiger partial charge in [-0.1, -0.05) is 36.1 Å². The number of benzene rings is 1. The van der Waals surface area contributed by atoms with Gasteiger partial charge in [0.2, 0.25) is 0 Å². The smallest absolute Gasteiger partial charge is 0.269 e. The number of aromatic nitrogens is 3. The fourth-order valence-corrected chi connectivity index (χ4v) is 5.07. The van der Waals surface area contributed by atoms with E-state index in [4.69, 9.17) is 20.0 Å². The van der Waals surface area contributed by atoms with Crippen molar-refractivity contribution in [2.75, 3.05) is 13.2 Å². The van der Waals surface area contributed by atoms with Gasteiger partial charge in [0.05, 0.1) is 24.9 Å². The fraction of sp³-hybridized carbons (Fsp3) is 0.370. The molecule has 3 N–H and O–H groups in total. The molecule has 7 rings (SSSR count). The van der Waals surface area contributed by atoms with E-state index in [1.54, 1.807) is 19.9 Å². The van der Waals surface area contributed by atoms with Crippen LogP contribution in [0.1, 0.15) is 65.1 Å². The van der Waals surface area contributed by atoms with Crippen LogP contribution in [0.15, 0.2) is 34.9 Å². The summed E-state index contributed by atoms with van der Waals surface area (Å²) >= 11 is 0. The average Bonchev–Trinajstić information content (AvgIpc) is 3.29. The monoisotopic (exact) mass is 470 g/mol. The number of aliphatic hydroxyl groups is 1. The van der Waals surface area contributed by atoms with Gasteiger partial charge in [-0.15, -0.1) is 0 Å². The van der Waals surface area contributed by atoms with Crippen LogP contribution in [-0.4, -0.2) is 38.9 Å². The summed E-state index contributed by atoms with van der Waals surface area (Å²) in [7, 11) is 0. The maximum atomic E-state index is 12.4. The lowest BCUT2D eigenvalue weighted by molar-refractivity contribution is -0.101. The molecule has 4 aliphatic rings. The van der Waals surface area contributed by atoms with Gasteiger partial charge in [0.15, 0.2) is 5.60 Å². The molecule has 8 heteroatoms. The van der Waals surface area contributed by atoms with Crippen LogP contribution in [0.3, 0.4) is 0 Å². The van der Waals surface area contributed by atoms with Crippen LogP contribution in [0.2, 0.25) is 0 Å². The standard InChI is InChI=1S/C27H26N4O4/c1-15-8-22(30-35-15)27(3,33)7-6-16-4-5-19-17-10-18(11-17)31-21(12-26(2)13-34-14-26)23(24(28)32)29-25(31)20(19)9-16/h4-5,8-10,18,33H,11-14H2,1-3H3,(H2,28,32)/t18?,27-/m1/s1. The topological polar surface area (TPSA) is 116 Å². The minimum Gasteiger partial charge on any atom is -0.380 e. The molecule has 3 aromatic rings. The van der Waals surface area contributed by atoms with Gasteiger partial charge in [-0.2, -0.15) is 0 Å². The van der Waals surface area contributed by atoms with E-state index in [1.807, 2.05) is 18.2 Å². The Hall–Kier alpha value is -3.67. The van der Waals surface area contributed by atoms with E-state index < -0.39 is 11.5 Å². The largest absolute Gasteiger partial charge is 0.380 e. The molecule has 0 spiro atoms. The first kappa shape index (κ1) is 21.8. The molecule has 1 fully saturated rings. The molecule has 0 saturated carbocycles. The third kappa shape index (κ3) is 3.51. The number of nitrogens with zero attached hydrogens (tertiary/aromatic N) is 3. The van der Waals surface area contributed by atoms with Gasteiger partial charge >= 0.3 is 0 Å². The number of hydrogen-bond donors (Lipinski definition) is 2. The normalized spacial score (nSPS) is 20.6. The number of nitrogens with two attached hydrogens (primary N) is 1. The zero-order chi connectivity index (χ0) is 24.5. The molecule has 0 radical (unpaired) electrons. The highest BCUT2D eigenvalue weighted by molar-refractivity contribution is 5.94. The Labute approximate surface area is 202 Å². The third-order valence-electron chi connectivity index (χ3n) is 7.08. The summed E-state index contributed by atoms with van der Waals surface area (Å²) in [6.45, 7) is 6.81. The van der Waals surface area contributed by atoms with Crippen LogP contribution in [0.5, 0.6) is 0 Å². The molecule has 178 valence electrons. The number of carbonyl (C=O) groups excluding carboxylic acids is 1. The van der Waals surface area contributed by atoms with Crippen molar-refractivity contribution >= 4 is 11.5 Å². The van der Waals surface area contributed by atoms with E-state index in [0.717, 1.165) is 34.6 Å². The minimum absolute atomic E-state index is 0.0369. The Kier molecular flexibility index (Phi) is 4.62. The average molecular weight is 471 g/mol. The Morgan fingerprint density at radius 1 is 1.34 bits per heavy atom. The van der Waals surface area contributed by atoms with Crippen LogP contribution >= 0.6 is 0 Å². The van der Waals surface area contributed by atoms with Crippen molar-refractivity contribution in [1.82, 2.24) is 14.7 Å². The minimum atomic E-state index is -1.46. The predicted molar refractivity (Wildman–Crippen MR) is 128 cm³/mol. The van der Waals surface area contributed by atoms with Gasteiger partial charge in [-0.05, 0) is 50.0 Å². The van der Waals surface area contributed by atoms with Crippen LogP contribution in [0.4, 0.5) is 0 Å². The van der Waals surface area contributed by atoms with Gasteiger partial charge in [-0.25, -0.2) is 4.98 Å². The predicted octanol–water partition coefficient (Wildman–Crippen LogP) is 3.13. The summed E-state index contributed by atoms with van der Waals surface area (Å²) < 4.78 is 12.7. The maximum Gasteiger partial charge on any atom is 0.269 e. The molecule has 1 aliphatic carbocycles. The van der Waals surface area contributed by atoms with Crippen molar-refractivity contribution in [3.05, 3.63) is 64.3 Å². The maximum absolute atomic E-state index is 12.4. The first-order valence-corrected chi connectivity index (χ1v) is 11.7. The molecule has 2 bridgehead atoms. The van der Waals surface area contributed by atoms with Gasteiger partial charge in [0, 0.05) is 22.6 Å². The van der Waals surface area contributed by atoms with Gasteiger partial charge in [0.25, 0.3) is 5.91 Å². The number of rotatable bonds is 4. The molecular formula is C27H26N4O4. The number of aryl methyl sites for hydroxylation is 1. The molecule has 5 heterocycles. The Morgan fingerprint density at radius 3 is 2.74 bits per heavy atom. The molecule has 1 unspecified atom stereocenters. The zero-order valence-corrected chi connectivity index (χ0v) is 19.9. The van der Waals surface area contributed by atoms with E-state index in [0.29, 0.717) is 36.8 Å². The quantitative estimate of drug-likeness (QED) is 0.566. The lowest BCUT2D eigenvalue weighted by atomic mass is 9.82. The Morgan fingerprint density at radius 2 is 2.11 bits per heavy atom. The van der Waals surface area contributed by atoms with Crippen molar-refractivity contribution in [2.24, 2.45) is 11.1 Å². The molecule has 1 saturated heterocycles. The van der Waals surface area contributed by atoms with Crippen LogP contribution in [0, 0.1) is 24.2 Å². The van der Waals surface area contributed by atoms with Crippen LogP contribution in [-0.2, 0) is 16.8 Å². The first-order chi connectivity index (χ1) is 16.6. The summed E-state index contributed by atoms with van der Waals surface area (Å²) in [5.41, 5.74) is 9.80. The molecule has 3 aliphatic heterocycles. The van der Waals surface area contributed by atoms with Gasteiger partial charge in [0.1, 0.15) is 23.0 Å². The van der Waals surface area contributed by atoms with E-state index in [2.05, 4.69) is 34.6 Å². The van der Waals surface area contributed by atoms with Crippen molar-refractivity contribution in [2.45, 2.75) is 45.3 Å². The fourth-order valence-electron chi connectivity index (χ4n) is 5.07. The van der Waals surface area contributed by atoms with E-state index in [1.165, 1.54) is 5.57 Å². The number of allylic oxidation sites excluding steroid dienone is 2. The molecule has 8 nitrogen and oxygen atoms in total.